The van der Waals surface area contributed by atoms with E-state index in [4.69, 9.17) is 0 Å². The van der Waals surface area contributed by atoms with Crippen LogP contribution in [0.5, 0.6) is 0 Å². The fraction of sp³-hybridized carbons (Fsp3) is 0.0667. The van der Waals surface area contributed by atoms with Crippen LogP contribution in [0.3, 0.4) is 0 Å². The number of imide groups is 1. The van der Waals surface area contributed by atoms with Gasteiger partial charge >= 0.3 is 0 Å². The van der Waals surface area contributed by atoms with Crippen molar-refractivity contribution in [3.63, 3.8) is 0 Å². The molecule has 19 heavy (non-hydrogen) atoms. The van der Waals surface area contributed by atoms with Gasteiger partial charge in [0.1, 0.15) is 0 Å². The Labute approximate surface area is 114 Å². The highest BCUT2D eigenvalue weighted by Crippen LogP contribution is 2.22. The molecule has 0 fully saturated rings. The van der Waals surface area contributed by atoms with Crippen LogP contribution in [0.4, 0.5) is 0 Å². The predicted molar refractivity (Wildman–Crippen MR) is 74.1 cm³/mol. The quantitative estimate of drug-likeness (QED) is 0.803. The van der Waals surface area contributed by atoms with E-state index in [-0.39, 0.29) is 11.8 Å². The van der Waals surface area contributed by atoms with Crippen LogP contribution in [0.15, 0.2) is 54.1 Å². The van der Waals surface area contributed by atoms with E-state index in [0.29, 0.717) is 11.1 Å². The third kappa shape index (κ3) is 2.11. The Morgan fingerprint density at radius 1 is 1.00 bits per heavy atom. The second kappa shape index (κ2) is 4.82. The van der Waals surface area contributed by atoms with Crippen LogP contribution in [0.2, 0.25) is 0 Å². The number of nitrogens with zero attached hydrogens (tertiary/aromatic N) is 1. The van der Waals surface area contributed by atoms with Crippen molar-refractivity contribution < 1.29 is 9.59 Å². The molecule has 94 valence electrons. The standard InChI is InChI=1S/C15H11NO2S/c17-14-12-7-1-2-8-13(12)15(18)16(14)9-3-5-11-6-4-10-19-11/h1-4,6-10H,5H2/b9-3+. The molecule has 0 aliphatic carbocycles. The van der Waals surface area contributed by atoms with Gasteiger partial charge in [0, 0.05) is 17.5 Å². The maximum absolute atomic E-state index is 12.1. The Morgan fingerprint density at radius 2 is 1.68 bits per heavy atom. The molecule has 0 unspecified atom stereocenters. The number of hydrogen-bond acceptors (Lipinski definition) is 3. The van der Waals surface area contributed by atoms with Gasteiger partial charge in [-0.3, -0.25) is 9.59 Å². The largest absolute Gasteiger partial charge is 0.268 e. The summed E-state index contributed by atoms with van der Waals surface area (Å²) in [6, 6.07) is 10.9. The van der Waals surface area contributed by atoms with Crippen molar-refractivity contribution in [2.45, 2.75) is 6.42 Å². The van der Waals surface area contributed by atoms with E-state index in [0.717, 1.165) is 6.42 Å². The van der Waals surface area contributed by atoms with Crippen molar-refractivity contribution in [3.05, 3.63) is 70.1 Å². The Bertz CT molecular complexity index is 624. The average Bonchev–Trinajstić information content (AvgIpc) is 3.02. The van der Waals surface area contributed by atoms with Gasteiger partial charge in [-0.2, -0.15) is 0 Å². The first-order chi connectivity index (χ1) is 9.27. The predicted octanol–water partition coefficient (Wildman–Crippen LogP) is 3.10. The maximum Gasteiger partial charge on any atom is 0.265 e. The van der Waals surface area contributed by atoms with Crippen LogP contribution in [0, 0.1) is 0 Å². The molecule has 4 heteroatoms. The minimum absolute atomic E-state index is 0.247. The number of carbonyl (C=O) groups excluding carboxylic acids is 2. The molecule has 2 aromatic rings. The zero-order valence-electron chi connectivity index (χ0n) is 10.1. The van der Waals surface area contributed by atoms with Crippen molar-refractivity contribution in [2.75, 3.05) is 0 Å². The van der Waals surface area contributed by atoms with Gasteiger partial charge in [0.15, 0.2) is 0 Å². The summed E-state index contributed by atoms with van der Waals surface area (Å²) in [6.45, 7) is 0. The number of allylic oxidation sites excluding steroid dienone is 1. The summed E-state index contributed by atoms with van der Waals surface area (Å²) in [5.74, 6) is -0.494. The third-order valence-electron chi connectivity index (χ3n) is 2.98. The van der Waals surface area contributed by atoms with Gasteiger partial charge in [-0.25, -0.2) is 4.90 Å². The van der Waals surface area contributed by atoms with Crippen LogP contribution in [0.1, 0.15) is 25.6 Å². The summed E-state index contributed by atoms with van der Waals surface area (Å²) < 4.78 is 0. The van der Waals surface area contributed by atoms with Gasteiger partial charge in [0.25, 0.3) is 11.8 Å². The fourth-order valence-corrected chi connectivity index (χ4v) is 2.73. The Kier molecular flexibility index (Phi) is 3.01. The minimum atomic E-state index is -0.247. The van der Waals surface area contributed by atoms with Gasteiger partial charge in [-0.15, -0.1) is 11.3 Å². The van der Waals surface area contributed by atoms with Crippen molar-refractivity contribution in [1.29, 1.82) is 0 Å². The topological polar surface area (TPSA) is 37.4 Å². The van der Waals surface area contributed by atoms with Gasteiger partial charge < -0.3 is 0 Å². The molecule has 0 saturated carbocycles. The number of amides is 2. The molecule has 0 atom stereocenters. The maximum atomic E-state index is 12.1. The van der Waals surface area contributed by atoms with Crippen molar-refractivity contribution >= 4 is 23.2 Å². The summed E-state index contributed by atoms with van der Waals surface area (Å²) in [6.07, 6.45) is 4.14. The SMILES string of the molecule is O=C1c2ccccc2C(=O)N1/C=C/Cc1cccs1. The van der Waals surface area contributed by atoms with E-state index in [1.165, 1.54) is 9.78 Å². The molecule has 0 bridgehead atoms. The lowest BCUT2D eigenvalue weighted by Crippen LogP contribution is -2.23. The number of hydrogen-bond donors (Lipinski definition) is 0. The molecule has 0 spiro atoms. The van der Waals surface area contributed by atoms with Crippen molar-refractivity contribution in [3.8, 4) is 0 Å². The van der Waals surface area contributed by atoms with Crippen molar-refractivity contribution in [1.82, 2.24) is 4.90 Å². The zero-order chi connectivity index (χ0) is 13.2. The molecular weight excluding hydrogens is 258 g/mol. The molecule has 1 aliphatic heterocycles. The first kappa shape index (κ1) is 11.9. The van der Waals surface area contributed by atoms with Crippen LogP contribution >= 0.6 is 11.3 Å². The smallest absolute Gasteiger partial charge is 0.265 e. The molecule has 3 rings (SSSR count). The molecule has 1 aromatic carbocycles. The van der Waals surface area contributed by atoms with Gasteiger partial charge in [-0.1, -0.05) is 24.3 Å². The van der Waals surface area contributed by atoms with Gasteiger partial charge in [0.05, 0.1) is 11.1 Å². The molecule has 2 heterocycles. The van der Waals surface area contributed by atoms with E-state index in [1.807, 2.05) is 23.6 Å². The Hall–Kier alpha value is -2.20. The molecule has 0 radical (unpaired) electrons. The highest BCUT2D eigenvalue weighted by molar-refractivity contribution is 7.09. The summed E-state index contributed by atoms with van der Waals surface area (Å²) in [7, 11) is 0. The van der Waals surface area contributed by atoms with Crippen LogP contribution in [-0.4, -0.2) is 16.7 Å². The van der Waals surface area contributed by atoms with E-state index < -0.39 is 0 Å². The van der Waals surface area contributed by atoms with E-state index >= 15 is 0 Å². The number of rotatable bonds is 3. The first-order valence-electron chi connectivity index (χ1n) is 5.93. The summed E-state index contributed by atoms with van der Waals surface area (Å²) in [5.41, 5.74) is 0.960. The second-order valence-corrected chi connectivity index (χ2v) is 5.23. The molecule has 3 nitrogen and oxygen atoms in total. The van der Waals surface area contributed by atoms with Crippen LogP contribution in [0.25, 0.3) is 0 Å². The lowest BCUT2D eigenvalue weighted by atomic mass is 10.1. The lowest BCUT2D eigenvalue weighted by molar-refractivity contribution is 0.0721. The molecular formula is C15H11NO2S. The molecule has 2 amide bonds. The molecule has 0 saturated heterocycles. The molecule has 1 aliphatic rings. The van der Waals surface area contributed by atoms with E-state index in [2.05, 4.69) is 0 Å². The monoisotopic (exact) mass is 269 g/mol. The normalized spacial score (nSPS) is 14.4. The molecule has 0 N–H and O–H groups in total. The zero-order valence-corrected chi connectivity index (χ0v) is 10.9. The van der Waals surface area contributed by atoms with Crippen LogP contribution in [-0.2, 0) is 6.42 Å². The van der Waals surface area contributed by atoms with Gasteiger partial charge in [0.2, 0.25) is 0 Å². The second-order valence-electron chi connectivity index (χ2n) is 4.19. The van der Waals surface area contributed by atoms with E-state index in [9.17, 15) is 9.59 Å². The average molecular weight is 269 g/mol. The first-order valence-corrected chi connectivity index (χ1v) is 6.81. The highest BCUT2D eigenvalue weighted by Gasteiger charge is 2.33. The summed E-state index contributed by atoms with van der Waals surface area (Å²) in [5, 5.41) is 2.01. The third-order valence-corrected chi connectivity index (χ3v) is 3.88. The number of fused-ring (bicyclic) bond motifs is 1. The Balaban J connectivity index is 1.79. The number of carbonyl (C=O) groups is 2. The minimum Gasteiger partial charge on any atom is -0.268 e. The lowest BCUT2D eigenvalue weighted by Gasteiger charge is -2.06. The van der Waals surface area contributed by atoms with Gasteiger partial charge in [-0.05, 0) is 23.6 Å². The van der Waals surface area contributed by atoms with E-state index in [1.54, 1.807) is 41.8 Å². The molecule has 1 aromatic heterocycles. The highest BCUT2D eigenvalue weighted by atomic mass is 32.1. The number of thiophene rings is 1. The summed E-state index contributed by atoms with van der Waals surface area (Å²) >= 11 is 1.65. The number of benzene rings is 1. The van der Waals surface area contributed by atoms with Crippen molar-refractivity contribution in [2.24, 2.45) is 0 Å². The fourth-order valence-electron chi connectivity index (χ4n) is 2.05. The Morgan fingerprint density at radius 3 is 2.26 bits per heavy atom. The van der Waals surface area contributed by atoms with Crippen LogP contribution < -0.4 is 0 Å². The summed E-state index contributed by atoms with van der Waals surface area (Å²) in [4.78, 5) is 26.5.